The van der Waals surface area contributed by atoms with Crippen LogP contribution in [0.4, 0.5) is 13.2 Å². The fourth-order valence-corrected chi connectivity index (χ4v) is 2.17. The number of rotatable bonds is 5. The summed E-state index contributed by atoms with van der Waals surface area (Å²) in [7, 11) is 0. The lowest BCUT2D eigenvalue weighted by atomic mass is 10.1. The Morgan fingerprint density at radius 2 is 2.00 bits per heavy atom. The number of alkyl halides is 3. The van der Waals surface area contributed by atoms with Gasteiger partial charge in [-0.25, -0.2) is 4.68 Å². The zero-order chi connectivity index (χ0) is 17.0. The molecule has 5 nitrogen and oxygen atoms in total. The van der Waals surface area contributed by atoms with Crippen molar-refractivity contribution in [3.63, 3.8) is 0 Å². The Morgan fingerprint density at radius 1 is 1.33 bits per heavy atom. The first-order valence-electron chi connectivity index (χ1n) is 7.05. The first-order chi connectivity index (χ1) is 10.9. The summed E-state index contributed by atoms with van der Waals surface area (Å²) in [6.07, 6.45) is -3.29. The van der Waals surface area contributed by atoms with E-state index in [1.54, 1.807) is 25.1 Å². The van der Waals surface area contributed by atoms with E-state index in [4.69, 9.17) is 5.73 Å². The third-order valence-corrected chi connectivity index (χ3v) is 3.29. The van der Waals surface area contributed by atoms with Gasteiger partial charge in [-0.3, -0.25) is 4.79 Å². The molecule has 0 aliphatic carbocycles. The van der Waals surface area contributed by atoms with E-state index in [1.165, 1.54) is 6.07 Å². The summed E-state index contributed by atoms with van der Waals surface area (Å²) in [5, 5.41) is 6.19. The van der Waals surface area contributed by atoms with Crippen molar-refractivity contribution in [3.05, 3.63) is 47.3 Å². The summed E-state index contributed by atoms with van der Waals surface area (Å²) >= 11 is 0. The van der Waals surface area contributed by atoms with Crippen LogP contribution in [0.15, 0.2) is 30.5 Å². The average Bonchev–Trinajstić information content (AvgIpc) is 2.93. The Labute approximate surface area is 143 Å². The first kappa shape index (κ1) is 20.0. The van der Waals surface area contributed by atoms with E-state index in [-0.39, 0.29) is 24.6 Å². The predicted octanol–water partition coefficient (Wildman–Crippen LogP) is 2.70. The Hall–Kier alpha value is -2.06. The zero-order valence-electron chi connectivity index (χ0n) is 12.9. The van der Waals surface area contributed by atoms with E-state index in [0.29, 0.717) is 18.5 Å². The molecule has 0 fully saturated rings. The maximum atomic E-state index is 13.4. The number of aromatic nitrogens is 2. The Bertz CT molecular complexity index is 700. The fourth-order valence-electron chi connectivity index (χ4n) is 2.17. The number of hydrogen-bond donors (Lipinski definition) is 2. The normalized spacial score (nSPS) is 11.0. The highest BCUT2D eigenvalue weighted by Gasteiger charge is 2.40. The summed E-state index contributed by atoms with van der Waals surface area (Å²) in [5.74, 6) is -0.814. The lowest BCUT2D eigenvalue weighted by Crippen LogP contribution is -2.28. The number of halogens is 4. The SMILES string of the molecule is Cc1ccccc1-n1ncc(C(=O)NCCCN)c1C(F)(F)F.Cl. The number of carbonyl (C=O) groups is 1. The van der Waals surface area contributed by atoms with Crippen molar-refractivity contribution >= 4 is 18.3 Å². The highest BCUT2D eigenvalue weighted by Crippen LogP contribution is 2.34. The molecule has 1 heterocycles. The largest absolute Gasteiger partial charge is 0.434 e. The van der Waals surface area contributed by atoms with Crippen LogP contribution in [0.2, 0.25) is 0 Å². The molecule has 0 saturated carbocycles. The molecular weight excluding hydrogens is 345 g/mol. The molecule has 0 aliphatic rings. The van der Waals surface area contributed by atoms with Crippen LogP contribution in [0.25, 0.3) is 5.69 Å². The van der Waals surface area contributed by atoms with Crippen molar-refractivity contribution in [2.45, 2.75) is 19.5 Å². The standard InChI is InChI=1S/C15H17F3N4O.ClH/c1-10-5-2-3-6-12(10)22-13(15(16,17)18)11(9-21-22)14(23)20-8-4-7-19;/h2-3,5-6,9H,4,7-8,19H2,1H3,(H,20,23);1H. The smallest absolute Gasteiger partial charge is 0.352 e. The van der Waals surface area contributed by atoms with Gasteiger partial charge in [0.05, 0.1) is 17.4 Å². The Balaban J connectivity index is 0.00000288. The number of hydrogen-bond acceptors (Lipinski definition) is 3. The number of nitrogens with one attached hydrogen (secondary N) is 1. The lowest BCUT2D eigenvalue weighted by molar-refractivity contribution is -0.143. The quantitative estimate of drug-likeness (QED) is 0.803. The van der Waals surface area contributed by atoms with Gasteiger partial charge in [0.2, 0.25) is 0 Å². The summed E-state index contributed by atoms with van der Waals surface area (Å²) < 4.78 is 41.1. The molecular formula is C15H18ClF3N4O. The molecule has 1 aromatic heterocycles. The molecule has 0 atom stereocenters. The van der Waals surface area contributed by atoms with E-state index in [1.807, 2.05) is 0 Å². The molecule has 0 aliphatic heterocycles. The van der Waals surface area contributed by atoms with Crippen LogP contribution in [0.5, 0.6) is 0 Å². The topological polar surface area (TPSA) is 72.9 Å². The third-order valence-electron chi connectivity index (χ3n) is 3.29. The number of aryl methyl sites for hydroxylation is 1. The molecule has 1 amide bonds. The zero-order valence-corrected chi connectivity index (χ0v) is 13.7. The second-order valence-corrected chi connectivity index (χ2v) is 5.00. The molecule has 0 radical (unpaired) electrons. The van der Waals surface area contributed by atoms with Gasteiger partial charge in [-0.2, -0.15) is 18.3 Å². The van der Waals surface area contributed by atoms with Crippen LogP contribution in [-0.4, -0.2) is 28.8 Å². The number of nitrogens with two attached hydrogens (primary N) is 1. The number of carbonyl (C=O) groups excluding carboxylic acids is 1. The minimum Gasteiger partial charge on any atom is -0.352 e. The average molecular weight is 363 g/mol. The van der Waals surface area contributed by atoms with Gasteiger partial charge in [0.15, 0.2) is 5.69 Å². The number of para-hydroxylation sites is 1. The number of amides is 1. The van der Waals surface area contributed by atoms with E-state index < -0.39 is 23.3 Å². The highest BCUT2D eigenvalue weighted by molar-refractivity contribution is 5.95. The molecule has 0 saturated heterocycles. The molecule has 3 N–H and O–H groups in total. The van der Waals surface area contributed by atoms with Crippen molar-refractivity contribution in [1.82, 2.24) is 15.1 Å². The van der Waals surface area contributed by atoms with Crippen LogP contribution in [0.3, 0.4) is 0 Å². The van der Waals surface area contributed by atoms with E-state index >= 15 is 0 Å². The maximum absolute atomic E-state index is 13.4. The van der Waals surface area contributed by atoms with Crippen LogP contribution < -0.4 is 11.1 Å². The van der Waals surface area contributed by atoms with E-state index in [9.17, 15) is 18.0 Å². The van der Waals surface area contributed by atoms with Gasteiger partial charge in [0, 0.05) is 6.54 Å². The minimum atomic E-state index is -4.71. The Morgan fingerprint density at radius 3 is 2.58 bits per heavy atom. The molecule has 24 heavy (non-hydrogen) atoms. The van der Waals surface area contributed by atoms with Gasteiger partial charge < -0.3 is 11.1 Å². The van der Waals surface area contributed by atoms with Gasteiger partial charge in [0.25, 0.3) is 5.91 Å². The molecule has 132 valence electrons. The minimum absolute atomic E-state index is 0. The van der Waals surface area contributed by atoms with E-state index in [2.05, 4.69) is 10.4 Å². The van der Waals surface area contributed by atoms with Crippen LogP contribution in [0, 0.1) is 6.92 Å². The second-order valence-electron chi connectivity index (χ2n) is 5.00. The van der Waals surface area contributed by atoms with Gasteiger partial charge in [-0.05, 0) is 31.5 Å². The highest BCUT2D eigenvalue weighted by atomic mass is 35.5. The van der Waals surface area contributed by atoms with Crippen molar-refractivity contribution in [2.24, 2.45) is 5.73 Å². The van der Waals surface area contributed by atoms with Gasteiger partial charge >= 0.3 is 6.18 Å². The predicted molar refractivity (Wildman–Crippen MR) is 86.6 cm³/mol. The first-order valence-corrected chi connectivity index (χ1v) is 7.05. The molecule has 9 heteroatoms. The molecule has 1 aromatic carbocycles. The van der Waals surface area contributed by atoms with E-state index in [0.717, 1.165) is 10.9 Å². The van der Waals surface area contributed by atoms with Crippen molar-refractivity contribution in [2.75, 3.05) is 13.1 Å². The van der Waals surface area contributed by atoms with Gasteiger partial charge in [0.1, 0.15) is 0 Å². The van der Waals surface area contributed by atoms with Gasteiger partial charge in [-0.15, -0.1) is 12.4 Å². The molecule has 0 bridgehead atoms. The Kier molecular flexibility index (Phi) is 6.80. The van der Waals surface area contributed by atoms with Crippen LogP contribution in [-0.2, 0) is 6.18 Å². The third kappa shape index (κ3) is 4.27. The van der Waals surface area contributed by atoms with Gasteiger partial charge in [-0.1, -0.05) is 18.2 Å². The monoisotopic (exact) mass is 362 g/mol. The summed E-state index contributed by atoms with van der Waals surface area (Å²) in [5.41, 5.74) is 4.61. The maximum Gasteiger partial charge on any atom is 0.434 e. The molecule has 2 aromatic rings. The summed E-state index contributed by atoms with van der Waals surface area (Å²) in [6.45, 7) is 2.23. The van der Waals surface area contributed by atoms with Crippen LogP contribution >= 0.6 is 12.4 Å². The second kappa shape index (κ2) is 8.16. The molecule has 0 spiro atoms. The van der Waals surface area contributed by atoms with Crippen molar-refractivity contribution < 1.29 is 18.0 Å². The molecule has 0 unspecified atom stereocenters. The lowest BCUT2D eigenvalue weighted by Gasteiger charge is -2.14. The summed E-state index contributed by atoms with van der Waals surface area (Å²) in [6, 6.07) is 6.53. The van der Waals surface area contributed by atoms with Crippen molar-refractivity contribution in [3.8, 4) is 5.69 Å². The van der Waals surface area contributed by atoms with Crippen LogP contribution in [0.1, 0.15) is 28.0 Å². The fraction of sp³-hybridized carbons (Fsp3) is 0.333. The number of benzene rings is 1. The number of nitrogens with zero attached hydrogens (tertiary/aromatic N) is 2. The van der Waals surface area contributed by atoms with Crippen molar-refractivity contribution in [1.29, 1.82) is 0 Å². The summed E-state index contributed by atoms with van der Waals surface area (Å²) in [4.78, 5) is 12.0. The molecule has 2 rings (SSSR count).